The highest BCUT2D eigenvalue weighted by Crippen LogP contribution is 2.35. The zero-order valence-corrected chi connectivity index (χ0v) is 20.6. The Morgan fingerprint density at radius 3 is 1.03 bits per heavy atom. The van der Waals surface area contributed by atoms with Crippen LogP contribution in [0.15, 0.2) is 84.9 Å². The van der Waals surface area contributed by atoms with Gasteiger partial charge in [-0.15, -0.1) is 0 Å². The molecule has 4 nitrogen and oxygen atoms in total. The monoisotopic (exact) mass is 492 g/mol. The first-order valence-corrected chi connectivity index (χ1v) is 11.4. The molecule has 0 saturated heterocycles. The van der Waals surface area contributed by atoms with Crippen LogP contribution in [0.25, 0.3) is 0 Å². The van der Waals surface area contributed by atoms with Crippen molar-refractivity contribution in [2.75, 3.05) is 0 Å². The molecule has 0 aliphatic carbocycles. The van der Waals surface area contributed by atoms with Crippen molar-refractivity contribution in [2.24, 2.45) is 0 Å². The van der Waals surface area contributed by atoms with Gasteiger partial charge < -0.3 is 20.4 Å². The number of hydrogen-bond acceptors (Lipinski definition) is 4. The predicted molar refractivity (Wildman–Crippen MR) is 137 cm³/mol. The maximum absolute atomic E-state index is 13.4. The Kier molecular flexibility index (Phi) is 7.58. The third kappa shape index (κ3) is 5.77. The molecule has 0 fully saturated rings. The molecule has 6 heteroatoms. The van der Waals surface area contributed by atoms with Crippen molar-refractivity contribution in [1.29, 1.82) is 0 Å². The Morgan fingerprint density at radius 2 is 0.722 bits per heavy atom. The van der Waals surface area contributed by atoms with Gasteiger partial charge in [0.15, 0.2) is 23.1 Å². The summed E-state index contributed by atoms with van der Waals surface area (Å²) in [4.78, 5) is 0. The molecule has 0 unspecified atom stereocenters. The van der Waals surface area contributed by atoms with Crippen molar-refractivity contribution in [3.8, 4) is 23.0 Å². The van der Waals surface area contributed by atoms with Crippen LogP contribution in [-0.2, 0) is 10.8 Å². The summed E-state index contributed by atoms with van der Waals surface area (Å²) in [5, 5.41) is 37.0. The molecule has 4 aromatic carbocycles. The summed E-state index contributed by atoms with van der Waals surface area (Å²) in [6.45, 7) is 7.85. The zero-order chi connectivity index (χ0) is 26.7. The van der Waals surface area contributed by atoms with E-state index in [2.05, 4.69) is 13.8 Å². The topological polar surface area (TPSA) is 80.9 Å². The average molecular weight is 493 g/mol. The first-order valence-electron chi connectivity index (χ1n) is 11.4. The van der Waals surface area contributed by atoms with E-state index >= 15 is 0 Å². The maximum Gasteiger partial charge on any atom is 0.165 e. The summed E-state index contributed by atoms with van der Waals surface area (Å²) in [5.41, 5.74) is 2.66. The molecule has 0 aromatic heterocycles. The molecule has 0 atom stereocenters. The average Bonchev–Trinajstić information content (AvgIpc) is 2.83. The lowest BCUT2D eigenvalue weighted by molar-refractivity contribution is 0.428. The summed E-state index contributed by atoms with van der Waals surface area (Å²) in [7, 11) is 0. The van der Waals surface area contributed by atoms with E-state index in [1.165, 1.54) is 24.3 Å². The molecule has 0 heterocycles. The van der Waals surface area contributed by atoms with Crippen molar-refractivity contribution in [3.05, 3.63) is 119 Å². The predicted octanol–water partition coefficient (Wildman–Crippen LogP) is 7.13. The summed E-state index contributed by atoms with van der Waals surface area (Å²) in [6, 6.07) is 22.6. The molecule has 0 bridgehead atoms. The van der Waals surface area contributed by atoms with E-state index in [4.69, 9.17) is 0 Å². The highest BCUT2D eigenvalue weighted by Gasteiger charge is 2.25. The lowest BCUT2D eigenvalue weighted by atomic mass is 9.78. The third-order valence-corrected chi connectivity index (χ3v) is 6.52. The van der Waals surface area contributed by atoms with Crippen LogP contribution in [0.1, 0.15) is 49.9 Å². The quantitative estimate of drug-likeness (QED) is 0.244. The molecule has 4 N–H and O–H groups in total. The van der Waals surface area contributed by atoms with Gasteiger partial charge in [-0.3, -0.25) is 0 Å². The van der Waals surface area contributed by atoms with Crippen LogP contribution in [0.3, 0.4) is 0 Å². The molecule has 188 valence electrons. The Bertz CT molecular complexity index is 1230. The van der Waals surface area contributed by atoms with Crippen molar-refractivity contribution in [1.82, 2.24) is 0 Å². The van der Waals surface area contributed by atoms with Crippen LogP contribution in [0.4, 0.5) is 8.78 Å². The van der Waals surface area contributed by atoms with Crippen LogP contribution in [0.5, 0.6) is 23.0 Å². The highest BCUT2D eigenvalue weighted by molar-refractivity contribution is 5.43. The van der Waals surface area contributed by atoms with Crippen LogP contribution < -0.4 is 0 Å². The number of hydrogen-bond donors (Lipinski definition) is 4. The lowest BCUT2D eigenvalue weighted by Crippen LogP contribution is -2.19. The van der Waals surface area contributed by atoms with Gasteiger partial charge in [-0.25, -0.2) is 8.78 Å². The van der Waals surface area contributed by atoms with Gasteiger partial charge in [-0.05, 0) is 70.8 Å². The zero-order valence-electron chi connectivity index (χ0n) is 20.6. The fourth-order valence-corrected chi connectivity index (χ4v) is 3.88. The van der Waals surface area contributed by atoms with Crippen LogP contribution in [0.2, 0.25) is 0 Å². The van der Waals surface area contributed by atoms with E-state index in [0.717, 1.165) is 11.1 Å². The summed E-state index contributed by atoms with van der Waals surface area (Å²) < 4.78 is 26.8. The Morgan fingerprint density at radius 1 is 0.444 bits per heavy atom. The maximum atomic E-state index is 13.4. The fraction of sp³-hybridized carbons (Fsp3) is 0.200. The van der Waals surface area contributed by atoms with Gasteiger partial charge in [0.25, 0.3) is 0 Å². The minimum atomic E-state index is -0.718. The lowest BCUT2D eigenvalue weighted by Gasteiger charge is -2.26. The van der Waals surface area contributed by atoms with E-state index < -0.39 is 28.5 Å². The molecule has 0 radical (unpaired) electrons. The van der Waals surface area contributed by atoms with Gasteiger partial charge >= 0.3 is 0 Å². The van der Waals surface area contributed by atoms with Crippen molar-refractivity contribution in [2.45, 2.75) is 38.5 Å². The van der Waals surface area contributed by atoms with Gasteiger partial charge in [0.1, 0.15) is 11.5 Å². The largest absolute Gasteiger partial charge is 0.508 e. The summed E-state index contributed by atoms with van der Waals surface area (Å²) >= 11 is 0. The molecule has 0 amide bonds. The van der Waals surface area contributed by atoms with Crippen LogP contribution in [0, 0.1) is 11.6 Å². The molecule has 0 aliphatic rings. The molecular formula is C30H30F2O4. The van der Waals surface area contributed by atoms with E-state index in [1.807, 2.05) is 38.1 Å². The molecular weight excluding hydrogens is 462 g/mol. The van der Waals surface area contributed by atoms with Gasteiger partial charge in [-0.1, -0.05) is 64.1 Å². The minimum Gasteiger partial charge on any atom is -0.508 e. The van der Waals surface area contributed by atoms with Crippen molar-refractivity contribution < 1.29 is 29.2 Å². The first kappa shape index (κ1) is 26.5. The smallest absolute Gasteiger partial charge is 0.165 e. The first-order chi connectivity index (χ1) is 16.8. The second kappa shape index (κ2) is 10.3. The summed E-state index contributed by atoms with van der Waals surface area (Å²) in [5.74, 6) is -1.73. The van der Waals surface area contributed by atoms with Crippen molar-refractivity contribution >= 4 is 0 Å². The molecule has 0 aliphatic heterocycles. The second-order valence-electron chi connectivity index (χ2n) is 9.68. The Balaban J connectivity index is 0.000000202. The number of rotatable bonds is 4. The standard InChI is InChI=1S/C15H14F2O2.C15H16O2/c1-15(2,9-3-5-13(18)11(16)7-9)10-4-6-14(19)12(17)8-10;1-15(2,11-3-7-13(16)8-4-11)12-5-9-14(17)10-6-12/h3-8,18-19H,1-2H3;3-10,16-17H,1-2H3. The molecule has 4 rings (SSSR count). The highest BCUT2D eigenvalue weighted by atomic mass is 19.1. The fourth-order valence-electron chi connectivity index (χ4n) is 3.88. The van der Waals surface area contributed by atoms with Gasteiger partial charge in [-0.2, -0.15) is 0 Å². The number of halogens is 2. The van der Waals surface area contributed by atoms with Gasteiger partial charge in [0, 0.05) is 10.8 Å². The van der Waals surface area contributed by atoms with E-state index in [-0.39, 0.29) is 16.9 Å². The van der Waals surface area contributed by atoms with E-state index in [0.29, 0.717) is 11.1 Å². The third-order valence-electron chi connectivity index (χ3n) is 6.52. The number of phenols is 4. The number of benzene rings is 4. The summed E-state index contributed by atoms with van der Waals surface area (Å²) in [6.07, 6.45) is 0. The molecule has 0 saturated carbocycles. The van der Waals surface area contributed by atoms with Gasteiger partial charge in [0.2, 0.25) is 0 Å². The number of aromatic hydroxyl groups is 4. The second-order valence-corrected chi connectivity index (χ2v) is 9.68. The van der Waals surface area contributed by atoms with Crippen LogP contribution in [-0.4, -0.2) is 20.4 Å². The number of phenolic OH excluding ortho intramolecular Hbond substituents is 4. The molecule has 0 spiro atoms. The normalized spacial score (nSPS) is 11.5. The van der Waals surface area contributed by atoms with E-state index in [9.17, 15) is 29.2 Å². The van der Waals surface area contributed by atoms with Gasteiger partial charge in [0.05, 0.1) is 0 Å². The Hall–Kier alpha value is -4.06. The van der Waals surface area contributed by atoms with Crippen molar-refractivity contribution in [3.63, 3.8) is 0 Å². The molecule has 4 aromatic rings. The minimum absolute atomic E-state index is 0.151. The Labute approximate surface area is 209 Å². The van der Waals surface area contributed by atoms with E-state index in [1.54, 1.807) is 36.4 Å². The SMILES string of the molecule is CC(C)(c1ccc(O)c(F)c1)c1ccc(O)c(F)c1.CC(C)(c1ccc(O)cc1)c1ccc(O)cc1. The van der Waals surface area contributed by atoms with Crippen LogP contribution >= 0.6 is 0 Å². The molecule has 36 heavy (non-hydrogen) atoms.